The van der Waals surface area contributed by atoms with Gasteiger partial charge < -0.3 is 0 Å². The monoisotopic (exact) mass is 398 g/mol. The molecule has 0 unspecified atom stereocenters. The molecule has 0 aliphatic carbocycles. The van der Waals surface area contributed by atoms with E-state index in [1.54, 1.807) is 24.3 Å². The topological polar surface area (TPSA) is 53.2 Å². The van der Waals surface area contributed by atoms with Crippen molar-refractivity contribution in [1.29, 1.82) is 5.26 Å². The lowest BCUT2D eigenvalue weighted by atomic mass is 9.77. The fraction of sp³-hybridized carbons (Fsp3) is 0.0357. The number of nitriles is 1. The highest BCUT2D eigenvalue weighted by Crippen LogP contribution is 2.46. The first-order valence-corrected chi connectivity index (χ1v) is 10.1. The van der Waals surface area contributed by atoms with Crippen molar-refractivity contribution in [3.05, 3.63) is 143 Å². The second-order valence-electron chi connectivity index (χ2n) is 7.47. The molecule has 4 aromatic carbocycles. The zero-order chi connectivity index (χ0) is 21.3. The van der Waals surface area contributed by atoms with E-state index in [1.165, 1.54) is 0 Å². The maximum atomic E-state index is 13.5. The number of rotatable bonds is 4. The molecule has 0 aromatic heterocycles. The number of carbonyl (C=O) groups excluding carboxylic acids is 1. The lowest BCUT2D eigenvalue weighted by Crippen LogP contribution is -2.25. The van der Waals surface area contributed by atoms with Crippen molar-refractivity contribution >= 4 is 11.5 Å². The van der Waals surface area contributed by atoms with Gasteiger partial charge in [0.15, 0.2) is 0 Å². The zero-order valence-electron chi connectivity index (χ0n) is 16.7. The van der Waals surface area contributed by atoms with E-state index < -0.39 is 5.54 Å². The third-order valence-electron chi connectivity index (χ3n) is 5.73. The predicted molar refractivity (Wildman–Crippen MR) is 121 cm³/mol. The van der Waals surface area contributed by atoms with E-state index in [-0.39, 0.29) is 5.78 Å². The first-order chi connectivity index (χ1) is 15.2. The molecule has 146 valence electrons. The number of hydrogen-bond acceptors (Lipinski definition) is 3. The Morgan fingerprint density at radius 2 is 1.26 bits per heavy atom. The summed E-state index contributed by atoms with van der Waals surface area (Å²) in [5.74, 6) is -0.148. The van der Waals surface area contributed by atoms with Crippen LogP contribution in [0.25, 0.3) is 0 Å². The fourth-order valence-corrected chi connectivity index (χ4v) is 4.26. The van der Waals surface area contributed by atoms with Crippen LogP contribution in [-0.4, -0.2) is 11.5 Å². The van der Waals surface area contributed by atoms with Gasteiger partial charge in [-0.05, 0) is 41.0 Å². The Hall–Kier alpha value is -4.29. The average molecular weight is 398 g/mol. The third kappa shape index (κ3) is 2.97. The van der Waals surface area contributed by atoms with Crippen LogP contribution in [0.1, 0.15) is 38.2 Å². The van der Waals surface area contributed by atoms with Gasteiger partial charge in [0, 0.05) is 11.1 Å². The van der Waals surface area contributed by atoms with Crippen LogP contribution in [0.2, 0.25) is 0 Å². The van der Waals surface area contributed by atoms with Gasteiger partial charge in [-0.3, -0.25) is 9.79 Å². The van der Waals surface area contributed by atoms with E-state index in [2.05, 4.69) is 36.4 Å². The molecule has 0 bridgehead atoms. The van der Waals surface area contributed by atoms with E-state index in [1.807, 2.05) is 54.6 Å². The SMILES string of the molecule is N#Cc1ccc(C(=O)C2=NC(c3ccccc3)(c3ccccc3)c3ccccc32)cc1. The van der Waals surface area contributed by atoms with Crippen LogP contribution in [0.3, 0.4) is 0 Å². The molecule has 3 nitrogen and oxygen atoms in total. The Labute approximate surface area is 181 Å². The summed E-state index contributed by atoms with van der Waals surface area (Å²) in [6.45, 7) is 0. The van der Waals surface area contributed by atoms with Crippen LogP contribution in [0.5, 0.6) is 0 Å². The summed E-state index contributed by atoms with van der Waals surface area (Å²) in [5, 5.41) is 9.07. The normalized spacial score (nSPS) is 13.7. The molecule has 0 saturated heterocycles. The van der Waals surface area contributed by atoms with Crippen molar-refractivity contribution in [2.24, 2.45) is 4.99 Å². The molecule has 1 aliphatic rings. The lowest BCUT2D eigenvalue weighted by Gasteiger charge is -2.29. The first-order valence-electron chi connectivity index (χ1n) is 10.1. The smallest absolute Gasteiger partial charge is 0.211 e. The van der Waals surface area contributed by atoms with Crippen LogP contribution in [0.4, 0.5) is 0 Å². The van der Waals surface area contributed by atoms with Gasteiger partial charge >= 0.3 is 0 Å². The molecule has 3 heteroatoms. The molecule has 0 amide bonds. The quantitative estimate of drug-likeness (QED) is 0.424. The maximum Gasteiger partial charge on any atom is 0.211 e. The molecule has 5 rings (SSSR count). The van der Waals surface area contributed by atoms with Crippen molar-refractivity contribution in [2.75, 3.05) is 0 Å². The first kappa shape index (κ1) is 18.7. The van der Waals surface area contributed by atoms with Gasteiger partial charge in [0.2, 0.25) is 5.78 Å². The molecule has 4 aromatic rings. The van der Waals surface area contributed by atoms with Crippen molar-refractivity contribution in [3.63, 3.8) is 0 Å². The summed E-state index contributed by atoms with van der Waals surface area (Å²) >= 11 is 0. The molecule has 0 fully saturated rings. The van der Waals surface area contributed by atoms with Gasteiger partial charge in [0.25, 0.3) is 0 Å². The van der Waals surface area contributed by atoms with Crippen LogP contribution in [0.15, 0.2) is 114 Å². The van der Waals surface area contributed by atoms with Crippen molar-refractivity contribution in [3.8, 4) is 6.07 Å². The Morgan fingerprint density at radius 3 is 1.84 bits per heavy atom. The average Bonchev–Trinajstić information content (AvgIpc) is 3.21. The van der Waals surface area contributed by atoms with Crippen molar-refractivity contribution in [2.45, 2.75) is 5.54 Å². The molecule has 0 spiro atoms. The predicted octanol–water partition coefficient (Wildman–Crippen LogP) is 5.54. The molecule has 0 radical (unpaired) electrons. The number of benzene rings is 4. The molecule has 0 saturated carbocycles. The van der Waals surface area contributed by atoms with Crippen LogP contribution >= 0.6 is 0 Å². The Bertz CT molecular complexity index is 1290. The maximum absolute atomic E-state index is 13.5. The van der Waals surface area contributed by atoms with E-state index in [0.717, 1.165) is 22.3 Å². The second kappa shape index (κ2) is 7.51. The van der Waals surface area contributed by atoms with Crippen molar-refractivity contribution in [1.82, 2.24) is 0 Å². The van der Waals surface area contributed by atoms with E-state index >= 15 is 0 Å². The number of ketones is 1. The van der Waals surface area contributed by atoms with Gasteiger partial charge in [-0.2, -0.15) is 5.26 Å². The molecular weight excluding hydrogens is 380 g/mol. The number of aliphatic imine (C=N–C) groups is 1. The van der Waals surface area contributed by atoms with Gasteiger partial charge in [-0.1, -0.05) is 84.9 Å². The number of Topliss-reactive ketones (excluding diaryl/α,β-unsaturated/α-hetero) is 1. The van der Waals surface area contributed by atoms with Crippen LogP contribution in [-0.2, 0) is 5.54 Å². The van der Waals surface area contributed by atoms with E-state index in [0.29, 0.717) is 16.8 Å². The van der Waals surface area contributed by atoms with Crippen molar-refractivity contribution < 1.29 is 4.79 Å². The van der Waals surface area contributed by atoms with E-state index in [4.69, 9.17) is 10.3 Å². The van der Waals surface area contributed by atoms with Crippen LogP contribution in [0, 0.1) is 11.3 Å². The molecular formula is C28H18N2O. The minimum Gasteiger partial charge on any atom is -0.287 e. The summed E-state index contributed by atoms with van der Waals surface area (Å²) in [5.41, 5.74) is 4.53. The molecule has 0 atom stereocenters. The second-order valence-corrected chi connectivity index (χ2v) is 7.47. The number of carbonyl (C=O) groups is 1. The minimum absolute atomic E-state index is 0.148. The third-order valence-corrected chi connectivity index (χ3v) is 5.73. The van der Waals surface area contributed by atoms with Gasteiger partial charge in [-0.25, -0.2) is 0 Å². The van der Waals surface area contributed by atoms with Crippen LogP contribution < -0.4 is 0 Å². The number of nitrogens with zero attached hydrogens (tertiary/aromatic N) is 2. The van der Waals surface area contributed by atoms with Gasteiger partial charge in [0.1, 0.15) is 11.3 Å². The van der Waals surface area contributed by atoms with Gasteiger partial charge in [0.05, 0.1) is 11.6 Å². The molecule has 31 heavy (non-hydrogen) atoms. The number of hydrogen-bond donors (Lipinski definition) is 0. The highest BCUT2D eigenvalue weighted by atomic mass is 16.1. The minimum atomic E-state index is -0.795. The van der Waals surface area contributed by atoms with E-state index in [9.17, 15) is 4.79 Å². The summed E-state index contributed by atoms with van der Waals surface area (Å²) in [7, 11) is 0. The van der Waals surface area contributed by atoms with Gasteiger partial charge in [-0.15, -0.1) is 0 Å². The molecule has 1 heterocycles. The highest BCUT2D eigenvalue weighted by molar-refractivity contribution is 6.52. The summed E-state index contributed by atoms with van der Waals surface area (Å²) < 4.78 is 0. The fourth-order valence-electron chi connectivity index (χ4n) is 4.26. The largest absolute Gasteiger partial charge is 0.287 e. The highest BCUT2D eigenvalue weighted by Gasteiger charge is 2.44. The summed E-state index contributed by atoms with van der Waals surface area (Å²) in [4.78, 5) is 18.7. The summed E-state index contributed by atoms with van der Waals surface area (Å²) in [6.07, 6.45) is 0. The zero-order valence-corrected chi connectivity index (χ0v) is 16.7. The lowest BCUT2D eigenvalue weighted by molar-refractivity contribution is 0.106. The standard InChI is InChI=1S/C28H18N2O/c29-19-20-15-17-21(18-16-20)27(31)26-24-13-7-8-14-25(24)28(30-26,22-9-3-1-4-10-22)23-11-5-2-6-12-23/h1-18H. The molecule has 0 N–H and O–H groups in total. The number of fused-ring (bicyclic) bond motifs is 1. The Morgan fingerprint density at radius 1 is 0.710 bits per heavy atom. The Balaban J connectivity index is 1.77. The Kier molecular flexibility index (Phi) is 4.54. The summed E-state index contributed by atoms with van der Waals surface area (Å²) in [6, 6.07) is 36.9. The molecule has 1 aliphatic heterocycles.